The van der Waals surface area contributed by atoms with Gasteiger partial charge >= 0.3 is 0 Å². The predicted molar refractivity (Wildman–Crippen MR) is 84.5 cm³/mol. The molecule has 0 aliphatic carbocycles. The first kappa shape index (κ1) is 13.8. The van der Waals surface area contributed by atoms with Gasteiger partial charge in [0, 0.05) is 12.3 Å². The minimum absolute atomic E-state index is 0.157. The highest BCUT2D eigenvalue weighted by Gasteiger charge is 2.06. The molecule has 22 heavy (non-hydrogen) atoms. The predicted octanol–water partition coefficient (Wildman–Crippen LogP) is 2.64. The molecule has 1 N–H and O–H groups in total. The number of anilines is 1. The van der Waals surface area contributed by atoms with Crippen molar-refractivity contribution in [3.05, 3.63) is 64.6 Å². The summed E-state index contributed by atoms with van der Waals surface area (Å²) < 4.78 is 10.6. The quantitative estimate of drug-likeness (QED) is 0.591. The molecule has 6 heteroatoms. The molecule has 2 heterocycles. The number of aromatic nitrogens is 1. The number of hydrazone groups is 1. The van der Waals surface area contributed by atoms with Crippen molar-refractivity contribution in [2.45, 2.75) is 0 Å². The zero-order valence-electron chi connectivity index (χ0n) is 11.8. The first-order valence-corrected chi connectivity index (χ1v) is 6.57. The zero-order chi connectivity index (χ0) is 15.4. The molecular formula is C16H13N3O3. The smallest absolute Gasteiger partial charge is 0.201 e. The minimum Gasteiger partial charge on any atom is -0.497 e. The summed E-state index contributed by atoms with van der Waals surface area (Å²) in [5, 5.41) is 4.47. The third-order valence-corrected chi connectivity index (χ3v) is 3.06. The molecule has 0 amide bonds. The second-order valence-corrected chi connectivity index (χ2v) is 4.47. The number of hydrogen-bond donors (Lipinski definition) is 1. The van der Waals surface area contributed by atoms with Gasteiger partial charge in [0.1, 0.15) is 23.4 Å². The van der Waals surface area contributed by atoms with E-state index < -0.39 is 0 Å². The van der Waals surface area contributed by atoms with E-state index in [-0.39, 0.29) is 5.43 Å². The molecule has 0 spiro atoms. The lowest BCUT2D eigenvalue weighted by molar-refractivity contribution is 0.414. The van der Waals surface area contributed by atoms with E-state index in [0.29, 0.717) is 28.1 Å². The van der Waals surface area contributed by atoms with Gasteiger partial charge in [0.15, 0.2) is 0 Å². The molecule has 110 valence electrons. The molecule has 0 radical (unpaired) electrons. The van der Waals surface area contributed by atoms with Crippen LogP contribution in [-0.2, 0) is 0 Å². The highest BCUT2D eigenvalue weighted by atomic mass is 16.5. The van der Waals surface area contributed by atoms with Crippen LogP contribution in [0.1, 0.15) is 5.56 Å². The van der Waals surface area contributed by atoms with E-state index in [0.717, 1.165) is 0 Å². The van der Waals surface area contributed by atoms with Gasteiger partial charge in [-0.25, -0.2) is 4.98 Å². The van der Waals surface area contributed by atoms with Crippen LogP contribution in [0.25, 0.3) is 11.0 Å². The van der Waals surface area contributed by atoms with Crippen LogP contribution >= 0.6 is 0 Å². The molecule has 0 aliphatic heterocycles. The van der Waals surface area contributed by atoms with Crippen LogP contribution < -0.4 is 15.6 Å². The standard InChI is InChI=1S/C16H13N3O3/c1-21-12-5-6-13-14(8-12)22-10-11(16(13)20)9-18-19-15-4-2-3-7-17-15/h2-10H,1H3,(H,17,19)/b18-9+. The molecule has 0 saturated carbocycles. The largest absolute Gasteiger partial charge is 0.497 e. The van der Waals surface area contributed by atoms with Gasteiger partial charge in [0.2, 0.25) is 5.43 Å². The lowest BCUT2D eigenvalue weighted by Gasteiger charge is -2.02. The van der Waals surface area contributed by atoms with Crippen LogP contribution in [0.5, 0.6) is 5.75 Å². The summed E-state index contributed by atoms with van der Waals surface area (Å²) in [6.07, 6.45) is 4.42. The summed E-state index contributed by atoms with van der Waals surface area (Å²) in [6, 6.07) is 10.5. The Morgan fingerprint density at radius 2 is 2.23 bits per heavy atom. The maximum atomic E-state index is 12.3. The molecule has 1 aromatic carbocycles. The Kier molecular flexibility index (Phi) is 3.82. The van der Waals surface area contributed by atoms with Crippen LogP contribution in [0.2, 0.25) is 0 Å². The average Bonchev–Trinajstić information content (AvgIpc) is 2.57. The van der Waals surface area contributed by atoms with E-state index in [9.17, 15) is 4.79 Å². The van der Waals surface area contributed by atoms with Crippen LogP contribution in [0, 0.1) is 0 Å². The lowest BCUT2D eigenvalue weighted by atomic mass is 10.2. The second-order valence-electron chi connectivity index (χ2n) is 4.47. The summed E-state index contributed by atoms with van der Waals surface area (Å²) in [7, 11) is 1.56. The summed E-state index contributed by atoms with van der Waals surface area (Å²) in [5.74, 6) is 1.22. The van der Waals surface area contributed by atoms with Crippen LogP contribution in [-0.4, -0.2) is 18.3 Å². The van der Waals surface area contributed by atoms with Gasteiger partial charge < -0.3 is 9.15 Å². The topological polar surface area (TPSA) is 76.7 Å². The molecule has 0 atom stereocenters. The van der Waals surface area contributed by atoms with Crippen molar-refractivity contribution >= 4 is 23.0 Å². The number of rotatable bonds is 4. The molecule has 2 aromatic heterocycles. The summed E-state index contributed by atoms with van der Waals surface area (Å²) in [6.45, 7) is 0. The van der Waals surface area contributed by atoms with Crippen LogP contribution in [0.3, 0.4) is 0 Å². The van der Waals surface area contributed by atoms with Crippen molar-refractivity contribution in [1.82, 2.24) is 4.98 Å². The SMILES string of the molecule is COc1ccc2c(=O)c(/C=N/Nc3ccccn3)coc2c1. The van der Waals surface area contributed by atoms with Crippen molar-refractivity contribution in [1.29, 1.82) is 0 Å². The molecule has 0 saturated heterocycles. The van der Waals surface area contributed by atoms with Gasteiger partial charge in [0.25, 0.3) is 0 Å². The number of hydrogen-bond acceptors (Lipinski definition) is 6. The third kappa shape index (κ3) is 2.80. The van der Waals surface area contributed by atoms with Crippen LogP contribution in [0.4, 0.5) is 5.82 Å². The Morgan fingerprint density at radius 1 is 1.32 bits per heavy atom. The third-order valence-electron chi connectivity index (χ3n) is 3.06. The highest BCUT2D eigenvalue weighted by molar-refractivity contribution is 5.87. The van der Waals surface area contributed by atoms with E-state index in [4.69, 9.17) is 9.15 Å². The van der Waals surface area contributed by atoms with Crippen molar-refractivity contribution in [2.75, 3.05) is 12.5 Å². The summed E-state index contributed by atoms with van der Waals surface area (Å²) in [4.78, 5) is 16.4. The van der Waals surface area contributed by atoms with E-state index in [2.05, 4.69) is 15.5 Å². The fraction of sp³-hybridized carbons (Fsp3) is 0.0625. The Bertz CT molecular complexity index is 873. The number of ether oxygens (including phenoxy) is 1. The molecule has 3 rings (SSSR count). The summed E-state index contributed by atoms with van der Waals surface area (Å²) >= 11 is 0. The van der Waals surface area contributed by atoms with Gasteiger partial charge in [-0.05, 0) is 24.3 Å². The average molecular weight is 295 g/mol. The van der Waals surface area contributed by atoms with Gasteiger partial charge in [-0.3, -0.25) is 10.2 Å². The monoisotopic (exact) mass is 295 g/mol. The summed E-state index contributed by atoms with van der Waals surface area (Å²) in [5.41, 5.74) is 3.41. The van der Waals surface area contributed by atoms with E-state index in [1.165, 1.54) is 12.5 Å². The first-order chi connectivity index (χ1) is 10.8. The Morgan fingerprint density at radius 3 is 3.00 bits per heavy atom. The van der Waals surface area contributed by atoms with Crippen LogP contribution in [0.15, 0.2) is 63.2 Å². The number of pyridine rings is 1. The van der Waals surface area contributed by atoms with Crippen molar-refractivity contribution < 1.29 is 9.15 Å². The Labute approximate surface area is 126 Å². The number of benzene rings is 1. The molecule has 0 bridgehead atoms. The van der Waals surface area contributed by atoms with E-state index in [1.807, 2.05) is 6.07 Å². The Balaban J connectivity index is 1.88. The normalized spacial score (nSPS) is 11.0. The van der Waals surface area contributed by atoms with Gasteiger partial charge in [-0.1, -0.05) is 6.07 Å². The number of nitrogens with one attached hydrogen (secondary N) is 1. The fourth-order valence-corrected chi connectivity index (χ4v) is 1.94. The van der Waals surface area contributed by atoms with Gasteiger partial charge in [-0.2, -0.15) is 5.10 Å². The van der Waals surface area contributed by atoms with Gasteiger partial charge in [-0.15, -0.1) is 0 Å². The molecule has 3 aromatic rings. The number of fused-ring (bicyclic) bond motifs is 1. The molecule has 0 aliphatic rings. The fourth-order valence-electron chi connectivity index (χ4n) is 1.94. The maximum Gasteiger partial charge on any atom is 0.201 e. The Hall–Kier alpha value is -3.15. The van der Waals surface area contributed by atoms with Gasteiger partial charge in [0.05, 0.1) is 24.3 Å². The van der Waals surface area contributed by atoms with Crippen molar-refractivity contribution in [2.24, 2.45) is 5.10 Å². The number of methoxy groups -OCH3 is 1. The molecule has 0 unspecified atom stereocenters. The molecule has 6 nitrogen and oxygen atoms in total. The van der Waals surface area contributed by atoms with E-state index in [1.54, 1.807) is 43.6 Å². The number of nitrogens with zero attached hydrogens (tertiary/aromatic N) is 2. The zero-order valence-corrected chi connectivity index (χ0v) is 11.8. The molecule has 0 fully saturated rings. The van der Waals surface area contributed by atoms with Crippen molar-refractivity contribution in [3.8, 4) is 5.75 Å². The maximum absolute atomic E-state index is 12.3. The molecular weight excluding hydrogens is 282 g/mol. The van der Waals surface area contributed by atoms with E-state index >= 15 is 0 Å². The highest BCUT2D eigenvalue weighted by Crippen LogP contribution is 2.18. The van der Waals surface area contributed by atoms with Crippen molar-refractivity contribution in [3.63, 3.8) is 0 Å². The first-order valence-electron chi connectivity index (χ1n) is 6.57. The second kappa shape index (κ2) is 6.09. The minimum atomic E-state index is -0.157. The lowest BCUT2D eigenvalue weighted by Crippen LogP contribution is -2.08.